The van der Waals surface area contributed by atoms with Gasteiger partial charge in [0.2, 0.25) is 5.58 Å². The number of nitrogens with zero attached hydrogens (tertiary/aromatic N) is 3. The van der Waals surface area contributed by atoms with Crippen LogP contribution in [0.5, 0.6) is 5.75 Å². The standard InChI is InChI=1S/C25H26N4O4/c1-32-21-10-6-5-9-20(21)28-14-11-27(12-15-28)13-16-29-24(30)23-22(26-25(29)31)19(17-33-23)18-7-3-2-4-8-18/h2-10,17H,11-16H2,1H3,(H,26,31). The van der Waals surface area contributed by atoms with Crippen LogP contribution in [-0.2, 0) is 6.54 Å². The van der Waals surface area contributed by atoms with Gasteiger partial charge in [-0.2, -0.15) is 0 Å². The van der Waals surface area contributed by atoms with E-state index in [0.717, 1.165) is 43.2 Å². The average Bonchev–Trinajstić information content (AvgIpc) is 3.28. The van der Waals surface area contributed by atoms with Crippen molar-refractivity contribution in [1.82, 2.24) is 14.5 Å². The molecule has 0 saturated carbocycles. The maximum Gasteiger partial charge on any atom is 0.329 e. The summed E-state index contributed by atoms with van der Waals surface area (Å²) in [7, 11) is 1.68. The first-order valence-electron chi connectivity index (χ1n) is 11.1. The highest BCUT2D eigenvalue weighted by atomic mass is 16.5. The Morgan fingerprint density at radius 2 is 1.67 bits per heavy atom. The number of methoxy groups -OCH3 is 1. The molecule has 1 saturated heterocycles. The van der Waals surface area contributed by atoms with Gasteiger partial charge in [0.05, 0.1) is 12.8 Å². The quantitative estimate of drug-likeness (QED) is 0.490. The summed E-state index contributed by atoms with van der Waals surface area (Å²) >= 11 is 0. The number of fused-ring (bicyclic) bond motifs is 1. The summed E-state index contributed by atoms with van der Waals surface area (Å²) in [5.74, 6) is 0.866. The fourth-order valence-corrected chi connectivity index (χ4v) is 4.41. The molecule has 0 spiro atoms. The normalized spacial score (nSPS) is 14.6. The molecule has 1 aliphatic heterocycles. The van der Waals surface area contributed by atoms with Gasteiger partial charge >= 0.3 is 5.69 Å². The molecule has 1 fully saturated rings. The Morgan fingerprint density at radius 3 is 2.42 bits per heavy atom. The molecule has 3 heterocycles. The number of aromatic nitrogens is 2. The van der Waals surface area contributed by atoms with Gasteiger partial charge in [-0.1, -0.05) is 42.5 Å². The SMILES string of the molecule is COc1ccccc1N1CCN(CCn2c(=O)[nH]c3c(-c4ccccc4)coc3c2=O)CC1. The molecule has 2 aromatic heterocycles. The number of benzene rings is 2. The minimum Gasteiger partial charge on any atom is -0.495 e. The van der Waals surface area contributed by atoms with E-state index in [-0.39, 0.29) is 5.58 Å². The van der Waals surface area contributed by atoms with E-state index in [1.807, 2.05) is 48.5 Å². The van der Waals surface area contributed by atoms with E-state index in [9.17, 15) is 9.59 Å². The van der Waals surface area contributed by atoms with Crippen LogP contribution in [0.25, 0.3) is 22.2 Å². The zero-order chi connectivity index (χ0) is 22.8. The van der Waals surface area contributed by atoms with E-state index in [4.69, 9.17) is 9.15 Å². The Bertz CT molecular complexity index is 1360. The van der Waals surface area contributed by atoms with Gasteiger partial charge in [-0.3, -0.25) is 14.3 Å². The molecular weight excluding hydrogens is 420 g/mol. The molecule has 33 heavy (non-hydrogen) atoms. The molecule has 4 aromatic rings. The van der Waals surface area contributed by atoms with Gasteiger partial charge in [0.15, 0.2) is 0 Å². The van der Waals surface area contributed by atoms with Crippen LogP contribution in [0.4, 0.5) is 5.69 Å². The van der Waals surface area contributed by atoms with Gasteiger partial charge in [-0.25, -0.2) is 4.79 Å². The van der Waals surface area contributed by atoms with Crippen molar-refractivity contribution in [1.29, 1.82) is 0 Å². The number of piperazine rings is 1. The maximum atomic E-state index is 13.0. The van der Waals surface area contributed by atoms with Gasteiger partial charge in [-0.15, -0.1) is 0 Å². The Labute approximate surface area is 190 Å². The van der Waals surface area contributed by atoms with Crippen LogP contribution >= 0.6 is 0 Å². The summed E-state index contributed by atoms with van der Waals surface area (Å²) in [6, 6.07) is 17.6. The zero-order valence-corrected chi connectivity index (χ0v) is 18.5. The lowest BCUT2D eigenvalue weighted by Gasteiger charge is -2.36. The summed E-state index contributed by atoms with van der Waals surface area (Å²) in [5, 5.41) is 0. The summed E-state index contributed by atoms with van der Waals surface area (Å²) < 4.78 is 12.3. The van der Waals surface area contributed by atoms with Crippen molar-refractivity contribution in [2.24, 2.45) is 0 Å². The number of nitrogens with one attached hydrogen (secondary N) is 1. The smallest absolute Gasteiger partial charge is 0.329 e. The lowest BCUT2D eigenvalue weighted by atomic mass is 10.1. The second-order valence-corrected chi connectivity index (χ2v) is 8.11. The lowest BCUT2D eigenvalue weighted by Crippen LogP contribution is -2.48. The highest BCUT2D eigenvalue weighted by molar-refractivity contribution is 5.89. The van der Waals surface area contributed by atoms with Crippen LogP contribution in [0, 0.1) is 0 Å². The van der Waals surface area contributed by atoms with Crippen molar-refractivity contribution >= 4 is 16.8 Å². The molecule has 8 heteroatoms. The average molecular weight is 447 g/mol. The molecule has 0 atom stereocenters. The fourth-order valence-electron chi connectivity index (χ4n) is 4.41. The van der Waals surface area contributed by atoms with E-state index in [1.54, 1.807) is 7.11 Å². The summed E-state index contributed by atoms with van der Waals surface area (Å²) in [5.41, 5.74) is 2.48. The van der Waals surface area contributed by atoms with E-state index < -0.39 is 11.2 Å². The van der Waals surface area contributed by atoms with Gasteiger partial charge in [0.25, 0.3) is 5.56 Å². The summed E-state index contributed by atoms with van der Waals surface area (Å²) in [6.45, 7) is 4.30. The molecule has 2 aromatic carbocycles. The number of ether oxygens (including phenoxy) is 1. The maximum absolute atomic E-state index is 13.0. The van der Waals surface area contributed by atoms with Crippen molar-refractivity contribution < 1.29 is 9.15 Å². The van der Waals surface area contributed by atoms with Crippen LogP contribution in [0.15, 0.2) is 74.9 Å². The Balaban J connectivity index is 1.29. The highest BCUT2D eigenvalue weighted by Crippen LogP contribution is 2.28. The highest BCUT2D eigenvalue weighted by Gasteiger charge is 2.21. The van der Waals surface area contributed by atoms with E-state index in [0.29, 0.717) is 24.2 Å². The first-order valence-corrected chi connectivity index (χ1v) is 11.1. The van der Waals surface area contributed by atoms with Gasteiger partial charge in [0, 0.05) is 44.8 Å². The Kier molecular flexibility index (Phi) is 5.75. The van der Waals surface area contributed by atoms with Crippen molar-refractivity contribution in [3.63, 3.8) is 0 Å². The number of rotatable bonds is 6. The monoisotopic (exact) mass is 446 g/mol. The van der Waals surface area contributed by atoms with Crippen LogP contribution in [0.2, 0.25) is 0 Å². The van der Waals surface area contributed by atoms with Crippen LogP contribution in [0.1, 0.15) is 0 Å². The third-order valence-electron chi connectivity index (χ3n) is 6.23. The van der Waals surface area contributed by atoms with Crippen molar-refractivity contribution in [2.75, 3.05) is 44.7 Å². The summed E-state index contributed by atoms with van der Waals surface area (Å²) in [6.07, 6.45) is 1.53. The lowest BCUT2D eigenvalue weighted by molar-refractivity contribution is 0.245. The predicted octanol–water partition coefficient (Wildman–Crippen LogP) is 2.78. The Morgan fingerprint density at radius 1 is 0.939 bits per heavy atom. The first kappa shape index (κ1) is 21.1. The molecule has 0 aliphatic carbocycles. The Hall–Kier alpha value is -3.78. The molecule has 0 unspecified atom stereocenters. The van der Waals surface area contributed by atoms with Gasteiger partial charge in [-0.05, 0) is 17.7 Å². The van der Waals surface area contributed by atoms with Crippen molar-refractivity contribution in [3.8, 4) is 16.9 Å². The zero-order valence-electron chi connectivity index (χ0n) is 18.5. The molecule has 1 N–H and O–H groups in total. The van der Waals surface area contributed by atoms with Crippen molar-refractivity contribution in [2.45, 2.75) is 6.54 Å². The molecule has 8 nitrogen and oxygen atoms in total. The van der Waals surface area contributed by atoms with Crippen LogP contribution in [-0.4, -0.2) is 54.3 Å². The minimum atomic E-state index is -0.418. The number of furan rings is 1. The number of hydrogen-bond donors (Lipinski definition) is 1. The van der Waals surface area contributed by atoms with Gasteiger partial charge in [0.1, 0.15) is 17.5 Å². The predicted molar refractivity (Wildman–Crippen MR) is 128 cm³/mol. The molecule has 5 rings (SSSR count). The number of anilines is 1. The number of hydrogen-bond acceptors (Lipinski definition) is 6. The molecule has 170 valence electrons. The number of H-pyrrole nitrogens is 1. The molecule has 0 amide bonds. The van der Waals surface area contributed by atoms with Crippen LogP contribution in [0.3, 0.4) is 0 Å². The first-order chi connectivity index (χ1) is 16.2. The topological polar surface area (TPSA) is 83.7 Å². The second-order valence-electron chi connectivity index (χ2n) is 8.11. The number of aromatic amines is 1. The molecule has 0 radical (unpaired) electrons. The van der Waals surface area contributed by atoms with Gasteiger partial charge < -0.3 is 19.0 Å². The molecular formula is C25H26N4O4. The third kappa shape index (κ3) is 4.05. The molecule has 0 bridgehead atoms. The number of para-hydroxylation sites is 2. The second kappa shape index (κ2) is 8.99. The largest absolute Gasteiger partial charge is 0.495 e. The minimum absolute atomic E-state index is 0.175. The molecule has 1 aliphatic rings. The van der Waals surface area contributed by atoms with Crippen LogP contribution < -0.4 is 20.9 Å². The third-order valence-corrected chi connectivity index (χ3v) is 6.23. The van der Waals surface area contributed by atoms with E-state index in [1.165, 1.54) is 10.8 Å². The van der Waals surface area contributed by atoms with Crippen molar-refractivity contribution in [3.05, 3.63) is 81.7 Å². The van der Waals surface area contributed by atoms with E-state index >= 15 is 0 Å². The van der Waals surface area contributed by atoms with E-state index in [2.05, 4.69) is 20.9 Å². The fraction of sp³-hybridized carbons (Fsp3) is 0.280. The summed E-state index contributed by atoms with van der Waals surface area (Å²) in [4.78, 5) is 33.1.